The van der Waals surface area contributed by atoms with Crippen LogP contribution in [-0.4, -0.2) is 16.1 Å². The molecule has 2 aromatic carbocycles. The zero-order chi connectivity index (χ0) is 18.4. The molecule has 1 atom stereocenters. The molecule has 0 saturated carbocycles. The third-order valence-corrected chi connectivity index (χ3v) is 4.18. The summed E-state index contributed by atoms with van der Waals surface area (Å²) in [7, 11) is 0. The standard InChI is InChI=1S/C21H22N4O/c1-3-16-9-11-18(12-10-16)23-21(26)19-13-14-20(25-24-19)22-15(2)17-7-5-4-6-8-17/h4-15H,3H2,1-2H3,(H,22,25)(H,23,26). The van der Waals surface area contributed by atoms with Gasteiger partial charge in [-0.3, -0.25) is 4.79 Å². The third kappa shape index (κ3) is 4.45. The predicted molar refractivity (Wildman–Crippen MR) is 104 cm³/mol. The van der Waals surface area contributed by atoms with E-state index in [1.165, 1.54) is 5.56 Å². The first-order valence-corrected chi connectivity index (χ1v) is 8.71. The topological polar surface area (TPSA) is 66.9 Å². The van der Waals surface area contributed by atoms with E-state index in [9.17, 15) is 4.79 Å². The lowest BCUT2D eigenvalue weighted by molar-refractivity contribution is 0.102. The zero-order valence-corrected chi connectivity index (χ0v) is 14.9. The maximum Gasteiger partial charge on any atom is 0.276 e. The second kappa shape index (κ2) is 8.25. The molecule has 0 bridgehead atoms. The molecule has 0 fully saturated rings. The molecule has 0 saturated heterocycles. The van der Waals surface area contributed by atoms with Gasteiger partial charge in [-0.05, 0) is 48.7 Å². The van der Waals surface area contributed by atoms with Crippen LogP contribution in [0.25, 0.3) is 0 Å². The van der Waals surface area contributed by atoms with Crippen molar-refractivity contribution in [1.29, 1.82) is 0 Å². The number of aromatic nitrogens is 2. The van der Waals surface area contributed by atoms with Crippen LogP contribution in [0.3, 0.4) is 0 Å². The van der Waals surface area contributed by atoms with Crippen LogP contribution in [-0.2, 0) is 6.42 Å². The number of nitrogens with one attached hydrogen (secondary N) is 2. The molecule has 1 unspecified atom stereocenters. The summed E-state index contributed by atoms with van der Waals surface area (Å²) in [4.78, 5) is 12.3. The van der Waals surface area contributed by atoms with Crippen LogP contribution in [0.5, 0.6) is 0 Å². The van der Waals surface area contributed by atoms with Crippen LogP contribution in [0.2, 0.25) is 0 Å². The Balaban J connectivity index is 1.62. The highest BCUT2D eigenvalue weighted by Gasteiger charge is 2.10. The molecule has 0 aliphatic heterocycles. The van der Waals surface area contributed by atoms with E-state index in [0.717, 1.165) is 17.7 Å². The fraction of sp³-hybridized carbons (Fsp3) is 0.190. The van der Waals surface area contributed by atoms with E-state index in [1.807, 2.05) is 42.5 Å². The lowest BCUT2D eigenvalue weighted by atomic mass is 10.1. The van der Waals surface area contributed by atoms with E-state index >= 15 is 0 Å². The van der Waals surface area contributed by atoms with Crippen molar-refractivity contribution in [2.24, 2.45) is 0 Å². The Hall–Kier alpha value is -3.21. The quantitative estimate of drug-likeness (QED) is 0.691. The molecule has 0 aliphatic carbocycles. The lowest BCUT2D eigenvalue weighted by Gasteiger charge is -2.14. The van der Waals surface area contributed by atoms with Crippen LogP contribution < -0.4 is 10.6 Å². The molecular weight excluding hydrogens is 324 g/mol. The van der Waals surface area contributed by atoms with Crippen molar-refractivity contribution >= 4 is 17.4 Å². The van der Waals surface area contributed by atoms with E-state index in [-0.39, 0.29) is 17.6 Å². The second-order valence-electron chi connectivity index (χ2n) is 6.09. The fourth-order valence-electron chi connectivity index (χ4n) is 2.60. The van der Waals surface area contributed by atoms with Crippen molar-refractivity contribution in [1.82, 2.24) is 10.2 Å². The molecule has 5 nitrogen and oxygen atoms in total. The van der Waals surface area contributed by atoms with Gasteiger partial charge in [-0.25, -0.2) is 0 Å². The highest BCUT2D eigenvalue weighted by atomic mass is 16.1. The van der Waals surface area contributed by atoms with Gasteiger partial charge >= 0.3 is 0 Å². The fourth-order valence-corrected chi connectivity index (χ4v) is 2.60. The molecule has 0 spiro atoms. The van der Waals surface area contributed by atoms with Crippen LogP contribution in [0.15, 0.2) is 66.7 Å². The van der Waals surface area contributed by atoms with Gasteiger partial charge in [0.25, 0.3) is 5.91 Å². The number of carbonyl (C=O) groups is 1. The van der Waals surface area contributed by atoms with E-state index in [4.69, 9.17) is 0 Å². The first-order valence-electron chi connectivity index (χ1n) is 8.71. The molecule has 1 aromatic heterocycles. The highest BCUT2D eigenvalue weighted by molar-refractivity contribution is 6.02. The molecule has 3 aromatic rings. The molecule has 2 N–H and O–H groups in total. The second-order valence-corrected chi connectivity index (χ2v) is 6.09. The first-order chi connectivity index (χ1) is 12.7. The summed E-state index contributed by atoms with van der Waals surface area (Å²) >= 11 is 0. The molecule has 5 heteroatoms. The van der Waals surface area contributed by atoms with Crippen molar-refractivity contribution in [3.8, 4) is 0 Å². The number of rotatable bonds is 6. The molecule has 132 valence electrons. The van der Waals surface area contributed by atoms with Crippen molar-refractivity contribution in [2.45, 2.75) is 26.3 Å². The van der Waals surface area contributed by atoms with E-state index in [1.54, 1.807) is 12.1 Å². The number of amides is 1. The smallest absolute Gasteiger partial charge is 0.276 e. The summed E-state index contributed by atoms with van der Waals surface area (Å²) in [5.74, 6) is 0.356. The lowest BCUT2D eigenvalue weighted by Crippen LogP contribution is -2.15. The average molecular weight is 346 g/mol. The van der Waals surface area contributed by atoms with Gasteiger partial charge in [-0.2, -0.15) is 0 Å². The van der Waals surface area contributed by atoms with Gasteiger partial charge < -0.3 is 10.6 Å². The Morgan fingerprint density at radius 2 is 1.69 bits per heavy atom. The number of hydrogen-bond acceptors (Lipinski definition) is 4. The number of hydrogen-bond donors (Lipinski definition) is 2. The Labute approximate surface area is 153 Å². The van der Waals surface area contributed by atoms with Crippen molar-refractivity contribution in [2.75, 3.05) is 10.6 Å². The van der Waals surface area contributed by atoms with Crippen LogP contribution in [0, 0.1) is 0 Å². The zero-order valence-electron chi connectivity index (χ0n) is 14.9. The molecule has 0 aliphatic rings. The van der Waals surface area contributed by atoms with Gasteiger partial charge in [-0.15, -0.1) is 10.2 Å². The van der Waals surface area contributed by atoms with Gasteiger partial charge in [0.1, 0.15) is 5.82 Å². The molecular formula is C21H22N4O. The Bertz CT molecular complexity index is 845. The maximum absolute atomic E-state index is 12.3. The summed E-state index contributed by atoms with van der Waals surface area (Å²) in [5, 5.41) is 14.3. The number of aryl methyl sites for hydroxylation is 1. The van der Waals surface area contributed by atoms with Gasteiger partial charge in [0.2, 0.25) is 0 Å². The third-order valence-electron chi connectivity index (χ3n) is 4.18. The van der Waals surface area contributed by atoms with E-state index in [2.05, 4.69) is 46.8 Å². The maximum atomic E-state index is 12.3. The van der Waals surface area contributed by atoms with Crippen molar-refractivity contribution in [3.05, 3.63) is 83.6 Å². The van der Waals surface area contributed by atoms with Crippen molar-refractivity contribution in [3.63, 3.8) is 0 Å². The van der Waals surface area contributed by atoms with Gasteiger partial charge in [0.05, 0.1) is 0 Å². The molecule has 1 heterocycles. The summed E-state index contributed by atoms with van der Waals surface area (Å²) in [6.45, 7) is 4.15. The van der Waals surface area contributed by atoms with Crippen LogP contribution in [0.4, 0.5) is 11.5 Å². The number of carbonyl (C=O) groups excluding carboxylic acids is 1. The van der Waals surface area contributed by atoms with Crippen molar-refractivity contribution < 1.29 is 4.79 Å². The van der Waals surface area contributed by atoms with Gasteiger partial charge in [-0.1, -0.05) is 49.4 Å². The minimum Gasteiger partial charge on any atom is -0.362 e. The molecule has 3 rings (SSSR count). The minimum absolute atomic E-state index is 0.0993. The monoisotopic (exact) mass is 346 g/mol. The average Bonchev–Trinajstić information content (AvgIpc) is 2.69. The van der Waals surface area contributed by atoms with Crippen LogP contribution in [0.1, 0.15) is 41.5 Å². The number of anilines is 2. The van der Waals surface area contributed by atoms with E-state index in [0.29, 0.717) is 5.82 Å². The summed E-state index contributed by atoms with van der Waals surface area (Å²) in [6, 6.07) is 21.4. The van der Waals surface area contributed by atoms with Gasteiger partial charge in [0, 0.05) is 11.7 Å². The molecule has 26 heavy (non-hydrogen) atoms. The normalized spacial score (nSPS) is 11.6. The van der Waals surface area contributed by atoms with Crippen LogP contribution >= 0.6 is 0 Å². The van der Waals surface area contributed by atoms with Gasteiger partial charge in [0.15, 0.2) is 5.69 Å². The summed E-state index contributed by atoms with van der Waals surface area (Å²) in [6.07, 6.45) is 0.968. The first kappa shape index (κ1) is 17.6. The SMILES string of the molecule is CCc1ccc(NC(=O)c2ccc(NC(C)c3ccccc3)nn2)cc1. The largest absolute Gasteiger partial charge is 0.362 e. The Morgan fingerprint density at radius 1 is 0.962 bits per heavy atom. The molecule has 1 amide bonds. The predicted octanol–water partition coefficient (Wildman–Crippen LogP) is 4.46. The minimum atomic E-state index is -0.274. The highest BCUT2D eigenvalue weighted by Crippen LogP contribution is 2.17. The summed E-state index contributed by atoms with van der Waals surface area (Å²) in [5.41, 5.74) is 3.41. The number of benzene rings is 2. The Kier molecular flexibility index (Phi) is 5.59. The number of nitrogens with zero attached hydrogens (tertiary/aromatic N) is 2. The van der Waals surface area contributed by atoms with E-state index < -0.39 is 0 Å². The summed E-state index contributed by atoms with van der Waals surface area (Å²) < 4.78 is 0. The molecule has 0 radical (unpaired) electrons. The Morgan fingerprint density at radius 3 is 2.31 bits per heavy atom.